The second-order valence-electron chi connectivity index (χ2n) is 6.31. The standard InChI is InChI=1S/C19H21BrN2O4S/c1-21(14-15-5-3-2-4-6-15)19(23)16-7-8-17(20)18(13-16)27(24,25)22-9-11-26-12-10-22/h2-8,13H,9-12,14H2,1H3. The summed E-state index contributed by atoms with van der Waals surface area (Å²) in [6.07, 6.45) is 0. The lowest BCUT2D eigenvalue weighted by Gasteiger charge is -2.26. The molecule has 1 amide bonds. The summed E-state index contributed by atoms with van der Waals surface area (Å²) in [4.78, 5) is 14.5. The molecule has 2 aromatic carbocycles. The average molecular weight is 453 g/mol. The second kappa shape index (κ2) is 8.52. The molecule has 0 saturated carbocycles. The monoisotopic (exact) mass is 452 g/mol. The lowest BCUT2D eigenvalue weighted by atomic mass is 10.1. The molecular formula is C19H21BrN2O4S. The summed E-state index contributed by atoms with van der Waals surface area (Å²) in [5, 5.41) is 0. The largest absolute Gasteiger partial charge is 0.379 e. The number of nitrogens with zero attached hydrogens (tertiary/aromatic N) is 2. The normalized spacial score (nSPS) is 15.5. The maximum absolute atomic E-state index is 13.0. The van der Waals surface area contributed by atoms with E-state index in [1.165, 1.54) is 10.4 Å². The number of benzene rings is 2. The summed E-state index contributed by atoms with van der Waals surface area (Å²) in [5.41, 5.74) is 1.34. The van der Waals surface area contributed by atoms with Crippen LogP contribution in [0.25, 0.3) is 0 Å². The summed E-state index contributed by atoms with van der Waals surface area (Å²) in [6, 6.07) is 14.3. The molecule has 6 nitrogen and oxygen atoms in total. The number of carbonyl (C=O) groups excluding carboxylic acids is 1. The first-order valence-electron chi connectivity index (χ1n) is 8.56. The molecule has 0 radical (unpaired) electrons. The molecule has 8 heteroatoms. The van der Waals surface area contributed by atoms with Gasteiger partial charge in [-0.2, -0.15) is 4.31 Å². The number of sulfonamides is 1. The number of morpholine rings is 1. The van der Waals surface area contributed by atoms with Gasteiger partial charge in [0.25, 0.3) is 5.91 Å². The molecule has 0 N–H and O–H groups in total. The molecule has 0 unspecified atom stereocenters. The van der Waals surface area contributed by atoms with Crippen LogP contribution >= 0.6 is 15.9 Å². The van der Waals surface area contributed by atoms with E-state index in [9.17, 15) is 13.2 Å². The van der Waals surface area contributed by atoms with Gasteiger partial charge in [-0.1, -0.05) is 30.3 Å². The molecule has 0 spiro atoms. The van der Waals surface area contributed by atoms with Crippen LogP contribution in [0.4, 0.5) is 0 Å². The van der Waals surface area contributed by atoms with Crippen molar-refractivity contribution in [2.24, 2.45) is 0 Å². The van der Waals surface area contributed by atoms with Crippen LogP contribution in [0.3, 0.4) is 0 Å². The van der Waals surface area contributed by atoms with Crippen LogP contribution in [0, 0.1) is 0 Å². The van der Waals surface area contributed by atoms with E-state index in [4.69, 9.17) is 4.74 Å². The van der Waals surface area contributed by atoms with Crippen molar-refractivity contribution in [3.8, 4) is 0 Å². The molecule has 144 valence electrons. The summed E-state index contributed by atoms with van der Waals surface area (Å²) in [5.74, 6) is -0.232. The molecule has 1 aliphatic heterocycles. The highest BCUT2D eigenvalue weighted by atomic mass is 79.9. The molecule has 1 fully saturated rings. The summed E-state index contributed by atoms with van der Waals surface area (Å²) in [7, 11) is -2.00. The number of hydrogen-bond donors (Lipinski definition) is 0. The zero-order valence-electron chi connectivity index (χ0n) is 15.0. The van der Waals surface area contributed by atoms with Gasteiger partial charge < -0.3 is 9.64 Å². The van der Waals surface area contributed by atoms with Gasteiger partial charge in [0, 0.05) is 36.7 Å². The SMILES string of the molecule is CN(Cc1ccccc1)C(=O)c1ccc(Br)c(S(=O)(=O)N2CCOCC2)c1. The Labute approximate surface area is 167 Å². The third kappa shape index (κ3) is 4.57. The van der Waals surface area contributed by atoms with Crippen LogP contribution < -0.4 is 0 Å². The van der Waals surface area contributed by atoms with Gasteiger partial charge >= 0.3 is 0 Å². The molecule has 1 heterocycles. The first-order valence-corrected chi connectivity index (χ1v) is 10.8. The van der Waals surface area contributed by atoms with E-state index >= 15 is 0 Å². The van der Waals surface area contributed by atoms with Crippen molar-refractivity contribution < 1.29 is 17.9 Å². The van der Waals surface area contributed by atoms with Crippen LogP contribution in [0.2, 0.25) is 0 Å². The highest BCUT2D eigenvalue weighted by Crippen LogP contribution is 2.27. The molecule has 0 aromatic heterocycles. The smallest absolute Gasteiger partial charge is 0.253 e. The summed E-state index contributed by atoms with van der Waals surface area (Å²) < 4.78 is 33.0. The van der Waals surface area contributed by atoms with Gasteiger partial charge in [-0.25, -0.2) is 8.42 Å². The van der Waals surface area contributed by atoms with Gasteiger partial charge in [0.15, 0.2) is 0 Å². The Kier molecular flexibility index (Phi) is 6.31. The Hall–Kier alpha value is -1.74. The Morgan fingerprint density at radius 2 is 1.81 bits per heavy atom. The molecule has 0 bridgehead atoms. The number of amides is 1. The van der Waals surface area contributed by atoms with Crippen LogP contribution in [-0.2, 0) is 21.3 Å². The number of carbonyl (C=O) groups is 1. The number of halogens is 1. The molecule has 1 saturated heterocycles. The Morgan fingerprint density at radius 1 is 1.15 bits per heavy atom. The van der Waals surface area contributed by atoms with Crippen LogP contribution in [0.1, 0.15) is 15.9 Å². The van der Waals surface area contributed by atoms with Crippen molar-refractivity contribution in [1.29, 1.82) is 0 Å². The molecule has 27 heavy (non-hydrogen) atoms. The number of rotatable bonds is 5. The fourth-order valence-corrected chi connectivity index (χ4v) is 5.27. The van der Waals surface area contributed by atoms with Gasteiger partial charge in [0.1, 0.15) is 0 Å². The first kappa shape index (κ1) is 20.0. The molecule has 0 atom stereocenters. The Balaban J connectivity index is 1.85. The van der Waals surface area contributed by atoms with Gasteiger partial charge in [-0.15, -0.1) is 0 Å². The molecule has 1 aliphatic rings. The van der Waals surface area contributed by atoms with E-state index in [2.05, 4.69) is 15.9 Å². The second-order valence-corrected chi connectivity index (χ2v) is 9.07. The zero-order chi connectivity index (χ0) is 19.4. The van der Waals surface area contributed by atoms with Crippen molar-refractivity contribution in [1.82, 2.24) is 9.21 Å². The van der Waals surface area contributed by atoms with Crippen molar-refractivity contribution in [3.05, 3.63) is 64.1 Å². The third-order valence-electron chi connectivity index (χ3n) is 4.38. The van der Waals surface area contributed by atoms with Crippen molar-refractivity contribution in [2.45, 2.75) is 11.4 Å². The zero-order valence-corrected chi connectivity index (χ0v) is 17.4. The van der Waals surface area contributed by atoms with E-state index in [0.29, 0.717) is 42.9 Å². The van der Waals surface area contributed by atoms with Gasteiger partial charge in [-0.3, -0.25) is 4.79 Å². The van der Waals surface area contributed by atoms with Crippen molar-refractivity contribution >= 4 is 31.9 Å². The van der Waals surface area contributed by atoms with Crippen molar-refractivity contribution in [2.75, 3.05) is 33.4 Å². The third-order valence-corrected chi connectivity index (χ3v) is 7.27. The number of hydrogen-bond acceptors (Lipinski definition) is 4. The maximum atomic E-state index is 13.0. The van der Waals surface area contributed by atoms with Crippen LogP contribution in [0.5, 0.6) is 0 Å². The minimum Gasteiger partial charge on any atom is -0.379 e. The molecule has 3 rings (SSSR count). The van der Waals surface area contributed by atoms with Crippen molar-refractivity contribution in [3.63, 3.8) is 0 Å². The van der Waals surface area contributed by atoms with Gasteiger partial charge in [0.05, 0.1) is 18.1 Å². The van der Waals surface area contributed by atoms with E-state index in [1.54, 1.807) is 24.1 Å². The summed E-state index contributed by atoms with van der Waals surface area (Å²) in [6.45, 7) is 1.80. The van der Waals surface area contributed by atoms with Crippen LogP contribution in [0.15, 0.2) is 57.9 Å². The minimum atomic E-state index is -3.70. The fraction of sp³-hybridized carbons (Fsp3) is 0.316. The quantitative estimate of drug-likeness (QED) is 0.699. The lowest BCUT2D eigenvalue weighted by molar-refractivity contribution is 0.0730. The highest BCUT2D eigenvalue weighted by molar-refractivity contribution is 9.10. The van der Waals surface area contributed by atoms with E-state index in [1.807, 2.05) is 30.3 Å². The fourth-order valence-electron chi connectivity index (χ4n) is 2.91. The van der Waals surface area contributed by atoms with E-state index in [0.717, 1.165) is 5.56 Å². The highest BCUT2D eigenvalue weighted by Gasteiger charge is 2.29. The molecule has 0 aliphatic carbocycles. The first-order chi connectivity index (χ1) is 12.9. The number of ether oxygens (including phenoxy) is 1. The lowest BCUT2D eigenvalue weighted by Crippen LogP contribution is -2.40. The molecular weight excluding hydrogens is 432 g/mol. The van der Waals surface area contributed by atoms with E-state index < -0.39 is 10.0 Å². The topological polar surface area (TPSA) is 66.9 Å². The molecule has 2 aromatic rings. The van der Waals surface area contributed by atoms with E-state index in [-0.39, 0.29) is 10.8 Å². The predicted octanol–water partition coefficient (Wildman–Crippen LogP) is 2.74. The van der Waals surface area contributed by atoms with Crippen LogP contribution in [-0.4, -0.2) is 56.9 Å². The van der Waals surface area contributed by atoms with Gasteiger partial charge in [-0.05, 0) is 39.7 Å². The Morgan fingerprint density at radius 3 is 2.48 bits per heavy atom. The predicted molar refractivity (Wildman–Crippen MR) is 106 cm³/mol. The van der Waals surface area contributed by atoms with Gasteiger partial charge in [0.2, 0.25) is 10.0 Å². The average Bonchev–Trinajstić information content (AvgIpc) is 2.69. The summed E-state index contributed by atoms with van der Waals surface area (Å²) >= 11 is 3.31. The maximum Gasteiger partial charge on any atom is 0.253 e. The minimum absolute atomic E-state index is 0.100. The Bertz CT molecular complexity index is 913.